The monoisotopic (exact) mass is 196 g/mol. The zero-order valence-electron chi connectivity index (χ0n) is 7.88. The topological polar surface area (TPSA) is 17.1 Å². The van der Waals surface area contributed by atoms with E-state index in [-0.39, 0.29) is 11.2 Å². The van der Waals surface area contributed by atoms with E-state index >= 15 is 0 Å². The maximum Gasteiger partial charge on any atom is 0.180 e. The predicted octanol–water partition coefficient (Wildman–Crippen LogP) is 3.20. The number of alkyl halides is 1. The molecule has 0 saturated heterocycles. The van der Waals surface area contributed by atoms with E-state index in [1.807, 2.05) is 38.1 Å². The minimum atomic E-state index is -0.386. The van der Waals surface area contributed by atoms with Crippen LogP contribution < -0.4 is 0 Å². The van der Waals surface area contributed by atoms with Gasteiger partial charge in [0, 0.05) is 5.56 Å². The first-order chi connectivity index (χ1) is 6.15. The van der Waals surface area contributed by atoms with Crippen molar-refractivity contribution in [2.75, 3.05) is 0 Å². The molecule has 0 heterocycles. The molecule has 1 rings (SSSR count). The Morgan fingerprint density at radius 3 is 2.38 bits per heavy atom. The molecule has 0 aliphatic rings. The van der Waals surface area contributed by atoms with E-state index in [1.54, 1.807) is 0 Å². The van der Waals surface area contributed by atoms with Gasteiger partial charge in [0.15, 0.2) is 5.78 Å². The molecule has 0 aromatic heterocycles. The molecule has 0 N–H and O–H groups in total. The van der Waals surface area contributed by atoms with Gasteiger partial charge in [0.1, 0.15) is 0 Å². The zero-order valence-corrected chi connectivity index (χ0v) is 8.64. The summed E-state index contributed by atoms with van der Waals surface area (Å²) in [6.45, 7) is 3.90. The van der Waals surface area contributed by atoms with Crippen molar-refractivity contribution in [3.63, 3.8) is 0 Å². The van der Waals surface area contributed by atoms with Crippen LogP contribution in [0, 0.1) is 6.92 Å². The summed E-state index contributed by atoms with van der Waals surface area (Å²) in [6.07, 6.45) is 0.675. The number of rotatable bonds is 3. The molecule has 0 aliphatic heterocycles. The molecular weight excluding hydrogens is 184 g/mol. The fraction of sp³-hybridized carbons (Fsp3) is 0.364. The Hall–Kier alpha value is -0.820. The lowest BCUT2D eigenvalue weighted by molar-refractivity contribution is 0.0985. The molecule has 1 unspecified atom stereocenters. The molecular formula is C11H13ClO. The average molecular weight is 197 g/mol. The third-order valence-electron chi connectivity index (χ3n) is 1.98. The molecule has 70 valence electrons. The Bertz CT molecular complexity index is 289. The second-order valence-corrected chi connectivity index (χ2v) is 3.63. The fourth-order valence-corrected chi connectivity index (χ4v) is 1.21. The van der Waals surface area contributed by atoms with Crippen LogP contribution in [0.2, 0.25) is 0 Å². The lowest BCUT2D eigenvalue weighted by atomic mass is 10.1. The highest BCUT2D eigenvalue weighted by Gasteiger charge is 2.14. The van der Waals surface area contributed by atoms with Crippen molar-refractivity contribution in [3.8, 4) is 0 Å². The molecule has 1 atom stereocenters. The fourth-order valence-electron chi connectivity index (χ4n) is 1.08. The third kappa shape index (κ3) is 2.56. The Balaban J connectivity index is 2.83. The molecule has 0 bridgehead atoms. The van der Waals surface area contributed by atoms with Crippen molar-refractivity contribution in [2.45, 2.75) is 25.6 Å². The molecule has 1 nitrogen and oxygen atoms in total. The number of hydrogen-bond donors (Lipinski definition) is 0. The number of benzene rings is 1. The van der Waals surface area contributed by atoms with Gasteiger partial charge in [0.25, 0.3) is 0 Å². The van der Waals surface area contributed by atoms with Gasteiger partial charge in [0.2, 0.25) is 0 Å². The first-order valence-electron chi connectivity index (χ1n) is 4.40. The van der Waals surface area contributed by atoms with Gasteiger partial charge in [-0.3, -0.25) is 4.79 Å². The van der Waals surface area contributed by atoms with E-state index in [2.05, 4.69) is 0 Å². The second-order valence-electron chi connectivity index (χ2n) is 3.11. The molecule has 0 spiro atoms. The van der Waals surface area contributed by atoms with Crippen LogP contribution in [0.1, 0.15) is 29.3 Å². The quantitative estimate of drug-likeness (QED) is 0.536. The Labute approximate surface area is 83.7 Å². The van der Waals surface area contributed by atoms with Gasteiger partial charge in [-0.25, -0.2) is 0 Å². The van der Waals surface area contributed by atoms with Gasteiger partial charge in [-0.1, -0.05) is 36.8 Å². The van der Waals surface area contributed by atoms with E-state index in [0.717, 1.165) is 5.56 Å². The van der Waals surface area contributed by atoms with Crippen LogP contribution in [0.4, 0.5) is 0 Å². The van der Waals surface area contributed by atoms with Crippen molar-refractivity contribution < 1.29 is 4.79 Å². The summed E-state index contributed by atoms with van der Waals surface area (Å²) in [6, 6.07) is 7.49. The van der Waals surface area contributed by atoms with Crippen molar-refractivity contribution in [2.24, 2.45) is 0 Å². The van der Waals surface area contributed by atoms with E-state index < -0.39 is 0 Å². The number of hydrogen-bond acceptors (Lipinski definition) is 1. The van der Waals surface area contributed by atoms with Crippen LogP contribution in [0.15, 0.2) is 24.3 Å². The normalized spacial score (nSPS) is 12.5. The number of halogens is 1. The Kier molecular flexibility index (Phi) is 3.49. The first kappa shape index (κ1) is 10.3. The van der Waals surface area contributed by atoms with E-state index in [9.17, 15) is 4.79 Å². The van der Waals surface area contributed by atoms with Crippen molar-refractivity contribution in [3.05, 3.63) is 35.4 Å². The summed E-state index contributed by atoms with van der Waals surface area (Å²) in [5, 5.41) is -0.386. The highest BCUT2D eigenvalue weighted by molar-refractivity contribution is 6.33. The predicted molar refractivity (Wildman–Crippen MR) is 55.4 cm³/mol. The van der Waals surface area contributed by atoms with E-state index in [1.165, 1.54) is 0 Å². The van der Waals surface area contributed by atoms with Crippen LogP contribution in [0.5, 0.6) is 0 Å². The Morgan fingerprint density at radius 2 is 1.92 bits per heavy atom. The molecule has 1 aromatic carbocycles. The van der Waals surface area contributed by atoms with Gasteiger partial charge in [-0.05, 0) is 13.3 Å². The molecule has 1 aromatic rings. The SMILES string of the molecule is CCC(Cl)C(=O)c1ccc(C)cc1. The lowest BCUT2D eigenvalue weighted by Crippen LogP contribution is -2.13. The first-order valence-corrected chi connectivity index (χ1v) is 4.83. The van der Waals surface area contributed by atoms with Gasteiger partial charge >= 0.3 is 0 Å². The number of Topliss-reactive ketones (excluding diaryl/α,β-unsaturated/α-hetero) is 1. The van der Waals surface area contributed by atoms with Crippen molar-refractivity contribution in [1.82, 2.24) is 0 Å². The highest BCUT2D eigenvalue weighted by Crippen LogP contribution is 2.12. The van der Waals surface area contributed by atoms with Crippen molar-refractivity contribution in [1.29, 1.82) is 0 Å². The van der Waals surface area contributed by atoms with Crippen LogP contribution in [-0.4, -0.2) is 11.2 Å². The van der Waals surface area contributed by atoms with Gasteiger partial charge in [-0.15, -0.1) is 11.6 Å². The average Bonchev–Trinajstić information content (AvgIpc) is 2.17. The summed E-state index contributed by atoms with van der Waals surface area (Å²) in [4.78, 5) is 11.6. The zero-order chi connectivity index (χ0) is 9.84. The molecule has 2 heteroatoms. The minimum Gasteiger partial charge on any atom is -0.293 e. The van der Waals surface area contributed by atoms with E-state index in [4.69, 9.17) is 11.6 Å². The second kappa shape index (κ2) is 4.43. The number of ketones is 1. The third-order valence-corrected chi connectivity index (χ3v) is 2.49. The maximum atomic E-state index is 11.6. The van der Waals surface area contributed by atoms with Gasteiger partial charge in [-0.2, -0.15) is 0 Å². The molecule has 13 heavy (non-hydrogen) atoms. The van der Waals surface area contributed by atoms with E-state index in [0.29, 0.717) is 12.0 Å². The highest BCUT2D eigenvalue weighted by atomic mass is 35.5. The largest absolute Gasteiger partial charge is 0.293 e. The standard InChI is InChI=1S/C11H13ClO/c1-3-10(12)11(13)9-6-4-8(2)5-7-9/h4-7,10H,3H2,1-2H3. The summed E-state index contributed by atoms with van der Waals surface area (Å²) in [5.74, 6) is 0.0177. The molecule has 0 radical (unpaired) electrons. The van der Waals surface area contributed by atoms with Crippen molar-refractivity contribution >= 4 is 17.4 Å². The number of aryl methyl sites for hydroxylation is 1. The van der Waals surface area contributed by atoms with Crippen LogP contribution in [0.25, 0.3) is 0 Å². The molecule has 0 amide bonds. The lowest BCUT2D eigenvalue weighted by Gasteiger charge is -2.05. The van der Waals surface area contributed by atoms with Crippen LogP contribution >= 0.6 is 11.6 Å². The number of carbonyl (C=O) groups is 1. The summed E-state index contributed by atoms with van der Waals surface area (Å²) >= 11 is 5.84. The van der Waals surface area contributed by atoms with Crippen LogP contribution in [-0.2, 0) is 0 Å². The minimum absolute atomic E-state index is 0.0177. The summed E-state index contributed by atoms with van der Waals surface area (Å²) in [7, 11) is 0. The molecule has 0 aliphatic carbocycles. The smallest absolute Gasteiger partial charge is 0.180 e. The summed E-state index contributed by atoms with van der Waals surface area (Å²) in [5.41, 5.74) is 1.85. The molecule has 0 saturated carbocycles. The van der Waals surface area contributed by atoms with Crippen LogP contribution in [0.3, 0.4) is 0 Å². The van der Waals surface area contributed by atoms with Gasteiger partial charge in [0.05, 0.1) is 5.38 Å². The summed E-state index contributed by atoms with van der Waals surface area (Å²) < 4.78 is 0. The Morgan fingerprint density at radius 1 is 1.38 bits per heavy atom. The number of carbonyl (C=O) groups excluding carboxylic acids is 1. The maximum absolute atomic E-state index is 11.6. The molecule has 0 fully saturated rings. The van der Waals surface area contributed by atoms with Gasteiger partial charge < -0.3 is 0 Å².